The van der Waals surface area contributed by atoms with Gasteiger partial charge in [-0.2, -0.15) is 5.10 Å². The molecule has 1 saturated heterocycles. The van der Waals surface area contributed by atoms with Crippen molar-refractivity contribution in [3.05, 3.63) is 59.2 Å². The number of morpholine rings is 1. The van der Waals surface area contributed by atoms with Crippen molar-refractivity contribution < 1.29 is 13.9 Å². The monoisotopic (exact) mass is 506 g/mol. The molecule has 0 aliphatic carbocycles. The number of ether oxygens (including phenoxy) is 2. The largest absolute Gasteiger partial charge is 0.489 e. The number of anilines is 2. The van der Waals surface area contributed by atoms with Crippen molar-refractivity contribution in [2.75, 3.05) is 51.8 Å². The zero-order valence-electron chi connectivity index (χ0n) is 20.0. The highest BCUT2D eigenvalue weighted by Crippen LogP contribution is 2.37. The zero-order chi connectivity index (χ0) is 24.9. The van der Waals surface area contributed by atoms with Crippen LogP contribution in [0, 0.1) is 5.82 Å². The molecule has 0 spiro atoms. The third-order valence-corrected chi connectivity index (χ3v) is 7.00. The fraction of sp³-hybridized carbons (Fsp3) is 0.269. The van der Waals surface area contributed by atoms with E-state index in [1.54, 1.807) is 36.6 Å². The normalized spacial score (nSPS) is 14.8. The van der Waals surface area contributed by atoms with Crippen molar-refractivity contribution in [2.45, 2.75) is 0 Å². The van der Waals surface area contributed by atoms with Crippen LogP contribution in [0.5, 0.6) is 5.75 Å². The number of nitrogens with one attached hydrogen (secondary N) is 2. The molecule has 10 heteroatoms. The van der Waals surface area contributed by atoms with Gasteiger partial charge in [-0.1, -0.05) is 18.2 Å². The number of para-hydroxylation sites is 1. The standard InChI is InChI=1S/C26H27FN6O2S/c1-28-25(32-29-2)19-6-3-5-17-18-9-16-36-24(18)26(31-23(17)19)30-20-7-4-8-21(22(20)27)35-15-12-33-10-13-34-14-11-33/h3-9,16H,2,10-15H2,1H3,(H,28,32)(H,30,31). The number of hydrogen-bond donors (Lipinski definition) is 2. The first kappa shape index (κ1) is 24.1. The average molecular weight is 507 g/mol. The number of rotatable bonds is 8. The highest BCUT2D eigenvalue weighted by Gasteiger charge is 2.18. The predicted octanol–water partition coefficient (Wildman–Crippen LogP) is 4.62. The van der Waals surface area contributed by atoms with Gasteiger partial charge in [0.1, 0.15) is 12.4 Å². The number of pyridine rings is 1. The van der Waals surface area contributed by atoms with Crippen LogP contribution in [0.15, 0.2) is 57.9 Å². The lowest BCUT2D eigenvalue weighted by molar-refractivity contribution is 0.0320. The van der Waals surface area contributed by atoms with Crippen molar-refractivity contribution in [3.8, 4) is 5.75 Å². The Morgan fingerprint density at radius 1 is 1.19 bits per heavy atom. The van der Waals surface area contributed by atoms with E-state index in [9.17, 15) is 0 Å². The fourth-order valence-electron chi connectivity index (χ4n) is 4.29. The lowest BCUT2D eigenvalue weighted by atomic mass is 10.1. The van der Waals surface area contributed by atoms with E-state index in [-0.39, 0.29) is 5.75 Å². The highest BCUT2D eigenvalue weighted by atomic mass is 32.1. The van der Waals surface area contributed by atoms with Crippen LogP contribution in [0.1, 0.15) is 5.56 Å². The number of halogens is 1. The van der Waals surface area contributed by atoms with Gasteiger partial charge in [0.25, 0.3) is 0 Å². The van der Waals surface area contributed by atoms with E-state index in [4.69, 9.17) is 14.5 Å². The molecule has 186 valence electrons. The number of amidine groups is 1. The molecule has 0 radical (unpaired) electrons. The topological polar surface area (TPSA) is 83.4 Å². The molecule has 0 amide bonds. The molecular formula is C26H27FN6O2S. The average Bonchev–Trinajstić information content (AvgIpc) is 3.41. The summed E-state index contributed by atoms with van der Waals surface area (Å²) in [6.07, 6.45) is 0. The summed E-state index contributed by atoms with van der Waals surface area (Å²) in [6.45, 7) is 7.79. The molecule has 8 nitrogen and oxygen atoms in total. The van der Waals surface area contributed by atoms with Crippen LogP contribution in [0.3, 0.4) is 0 Å². The number of aromatic nitrogens is 1. The van der Waals surface area contributed by atoms with Gasteiger partial charge < -0.3 is 14.8 Å². The Bertz CT molecular complexity index is 1420. The summed E-state index contributed by atoms with van der Waals surface area (Å²) in [5, 5.41) is 11.0. The molecule has 2 aromatic carbocycles. The van der Waals surface area contributed by atoms with E-state index in [0.717, 1.165) is 59.4 Å². The van der Waals surface area contributed by atoms with Crippen molar-refractivity contribution in [1.29, 1.82) is 0 Å². The van der Waals surface area contributed by atoms with E-state index in [1.807, 2.05) is 29.6 Å². The van der Waals surface area contributed by atoms with Crippen LogP contribution >= 0.6 is 11.3 Å². The number of aliphatic imine (C=N–C) groups is 1. The Morgan fingerprint density at radius 2 is 2.03 bits per heavy atom. The molecule has 1 aliphatic rings. The van der Waals surface area contributed by atoms with Crippen LogP contribution in [0.2, 0.25) is 0 Å². The Kier molecular flexibility index (Phi) is 7.36. The van der Waals surface area contributed by atoms with Crippen LogP contribution in [-0.4, -0.2) is 68.9 Å². The van der Waals surface area contributed by atoms with Gasteiger partial charge in [0.05, 0.1) is 29.1 Å². The minimum atomic E-state index is -0.451. The Balaban J connectivity index is 1.46. The van der Waals surface area contributed by atoms with Gasteiger partial charge in [-0.05, 0) is 29.6 Å². The van der Waals surface area contributed by atoms with Gasteiger partial charge in [-0.3, -0.25) is 15.3 Å². The molecule has 2 N–H and O–H groups in total. The van der Waals surface area contributed by atoms with Gasteiger partial charge >= 0.3 is 0 Å². The summed E-state index contributed by atoms with van der Waals surface area (Å²) in [6, 6.07) is 13.0. The quantitative estimate of drug-likeness (QED) is 0.206. The van der Waals surface area contributed by atoms with Gasteiger partial charge in [0.15, 0.2) is 17.4 Å². The zero-order valence-corrected chi connectivity index (χ0v) is 20.8. The molecular weight excluding hydrogens is 479 g/mol. The van der Waals surface area contributed by atoms with E-state index in [0.29, 0.717) is 23.9 Å². The van der Waals surface area contributed by atoms with E-state index >= 15 is 4.39 Å². The predicted molar refractivity (Wildman–Crippen MR) is 145 cm³/mol. The molecule has 0 bridgehead atoms. The van der Waals surface area contributed by atoms with Crippen LogP contribution in [0.4, 0.5) is 15.9 Å². The molecule has 5 rings (SSSR count). The first-order chi connectivity index (χ1) is 17.7. The van der Waals surface area contributed by atoms with E-state index < -0.39 is 5.82 Å². The minimum absolute atomic E-state index is 0.207. The number of hydrogen-bond acceptors (Lipinski definition) is 8. The number of hydrazone groups is 1. The van der Waals surface area contributed by atoms with Crippen LogP contribution in [-0.2, 0) is 4.74 Å². The third kappa shape index (κ3) is 4.88. The molecule has 0 unspecified atom stereocenters. The van der Waals surface area contributed by atoms with E-state index in [2.05, 4.69) is 32.5 Å². The molecule has 4 aromatic rings. The summed E-state index contributed by atoms with van der Waals surface area (Å²) >= 11 is 1.55. The van der Waals surface area contributed by atoms with Crippen molar-refractivity contribution in [2.24, 2.45) is 10.1 Å². The smallest absolute Gasteiger partial charge is 0.188 e. The van der Waals surface area contributed by atoms with Crippen molar-refractivity contribution >= 4 is 56.4 Å². The molecule has 0 saturated carbocycles. The van der Waals surface area contributed by atoms with E-state index in [1.165, 1.54) is 0 Å². The number of fused-ring (bicyclic) bond motifs is 3. The third-order valence-electron chi connectivity index (χ3n) is 6.08. The maximum atomic E-state index is 15.4. The Morgan fingerprint density at radius 3 is 2.83 bits per heavy atom. The Hall–Kier alpha value is -3.60. The summed E-state index contributed by atoms with van der Waals surface area (Å²) < 4.78 is 27.5. The fourth-order valence-corrected chi connectivity index (χ4v) is 5.14. The second-order valence-corrected chi connectivity index (χ2v) is 9.13. The molecule has 0 atom stereocenters. The molecule has 36 heavy (non-hydrogen) atoms. The van der Waals surface area contributed by atoms with Crippen molar-refractivity contribution in [1.82, 2.24) is 15.3 Å². The lowest BCUT2D eigenvalue weighted by Gasteiger charge is -2.26. The van der Waals surface area contributed by atoms with Crippen LogP contribution < -0.4 is 15.5 Å². The minimum Gasteiger partial charge on any atom is -0.489 e. The summed E-state index contributed by atoms with van der Waals surface area (Å²) in [7, 11) is 1.68. The highest BCUT2D eigenvalue weighted by molar-refractivity contribution is 7.18. The lowest BCUT2D eigenvalue weighted by Crippen LogP contribution is -2.38. The second-order valence-electron chi connectivity index (χ2n) is 8.21. The Labute approximate surface area is 212 Å². The van der Waals surface area contributed by atoms with Gasteiger partial charge in [0.2, 0.25) is 0 Å². The molecule has 1 fully saturated rings. The maximum absolute atomic E-state index is 15.4. The first-order valence-corrected chi connectivity index (χ1v) is 12.5. The summed E-state index contributed by atoms with van der Waals surface area (Å²) in [4.78, 5) is 11.4. The van der Waals surface area contributed by atoms with Crippen LogP contribution in [0.25, 0.3) is 21.0 Å². The molecule has 1 aliphatic heterocycles. The SMILES string of the molecule is C=NNC(=NC)c1cccc2c1nc(Nc1cccc(OCCN3CCOCC3)c1F)c1sccc12. The maximum Gasteiger partial charge on any atom is 0.188 e. The number of benzene rings is 2. The first-order valence-electron chi connectivity index (χ1n) is 11.7. The summed E-state index contributed by atoms with van der Waals surface area (Å²) in [5.41, 5.74) is 4.63. The molecule has 2 aromatic heterocycles. The number of thiophene rings is 1. The van der Waals surface area contributed by atoms with Gasteiger partial charge in [0, 0.05) is 49.7 Å². The molecule has 3 heterocycles. The van der Waals surface area contributed by atoms with Gasteiger partial charge in [-0.15, -0.1) is 11.3 Å². The second kappa shape index (κ2) is 11.0. The number of nitrogens with zero attached hydrogens (tertiary/aromatic N) is 4. The summed E-state index contributed by atoms with van der Waals surface area (Å²) in [5.74, 6) is 0.864. The van der Waals surface area contributed by atoms with Crippen molar-refractivity contribution in [3.63, 3.8) is 0 Å². The van der Waals surface area contributed by atoms with Gasteiger partial charge in [-0.25, -0.2) is 9.37 Å².